The van der Waals surface area contributed by atoms with Crippen LogP contribution >= 0.6 is 15.9 Å². The van der Waals surface area contributed by atoms with Gasteiger partial charge in [-0.3, -0.25) is 14.3 Å². The molecule has 0 unspecified atom stereocenters. The van der Waals surface area contributed by atoms with Crippen molar-refractivity contribution >= 4 is 33.3 Å². The standard InChI is InChI=1S/C24H15BrF3N5O/c25-16-9-11-33-20(13-16)30-21(14-4-2-1-3-5-14)22(33)31-23(34)15-6-7-18(24(26,27)28)17(12-15)19-8-10-29-32-19/h1-13H,(H,29,32)(H,31,34). The first-order valence-electron chi connectivity index (χ1n) is 10.1. The highest BCUT2D eigenvalue weighted by Crippen LogP contribution is 2.37. The van der Waals surface area contributed by atoms with Gasteiger partial charge in [0, 0.05) is 33.6 Å². The molecule has 170 valence electrons. The molecule has 1 amide bonds. The van der Waals surface area contributed by atoms with Crippen LogP contribution in [0.5, 0.6) is 0 Å². The summed E-state index contributed by atoms with van der Waals surface area (Å²) in [6.07, 6.45) is -1.43. The van der Waals surface area contributed by atoms with Gasteiger partial charge in [-0.2, -0.15) is 18.3 Å². The number of hydrogen-bond donors (Lipinski definition) is 2. The maximum absolute atomic E-state index is 13.6. The van der Waals surface area contributed by atoms with Gasteiger partial charge in [0.25, 0.3) is 5.91 Å². The van der Waals surface area contributed by atoms with Crippen LogP contribution in [0.15, 0.2) is 83.6 Å². The van der Waals surface area contributed by atoms with Gasteiger partial charge < -0.3 is 5.32 Å². The van der Waals surface area contributed by atoms with Crippen LogP contribution in [0, 0.1) is 0 Å². The highest BCUT2D eigenvalue weighted by atomic mass is 79.9. The van der Waals surface area contributed by atoms with Gasteiger partial charge in [-0.15, -0.1) is 0 Å². The lowest BCUT2D eigenvalue weighted by atomic mass is 10.0. The van der Waals surface area contributed by atoms with E-state index in [2.05, 4.69) is 36.4 Å². The lowest BCUT2D eigenvalue weighted by Gasteiger charge is -2.13. The summed E-state index contributed by atoms with van der Waals surface area (Å²) in [7, 11) is 0. The molecule has 2 N–H and O–H groups in total. The number of carbonyl (C=O) groups excluding carboxylic acids is 1. The predicted molar refractivity (Wildman–Crippen MR) is 125 cm³/mol. The van der Waals surface area contributed by atoms with Crippen molar-refractivity contribution in [3.8, 4) is 22.5 Å². The van der Waals surface area contributed by atoms with Crippen LogP contribution in [0.4, 0.5) is 19.0 Å². The number of nitrogens with one attached hydrogen (secondary N) is 2. The fourth-order valence-corrected chi connectivity index (χ4v) is 3.99. The van der Waals surface area contributed by atoms with E-state index in [-0.39, 0.29) is 16.8 Å². The van der Waals surface area contributed by atoms with Crippen molar-refractivity contribution in [3.05, 3.63) is 94.7 Å². The molecule has 0 fully saturated rings. The number of anilines is 1. The topological polar surface area (TPSA) is 75.1 Å². The van der Waals surface area contributed by atoms with Gasteiger partial charge in [-0.05, 0) is 36.4 Å². The molecule has 3 aromatic heterocycles. The zero-order chi connectivity index (χ0) is 23.9. The van der Waals surface area contributed by atoms with E-state index in [1.165, 1.54) is 18.3 Å². The van der Waals surface area contributed by atoms with E-state index in [1.807, 2.05) is 30.3 Å². The number of H-pyrrole nitrogens is 1. The van der Waals surface area contributed by atoms with Crippen LogP contribution in [0.3, 0.4) is 0 Å². The number of halogens is 4. The molecule has 0 radical (unpaired) electrons. The first-order valence-corrected chi connectivity index (χ1v) is 10.9. The second-order valence-corrected chi connectivity index (χ2v) is 8.34. The number of pyridine rings is 1. The van der Waals surface area contributed by atoms with Crippen LogP contribution in [-0.2, 0) is 6.18 Å². The van der Waals surface area contributed by atoms with E-state index in [9.17, 15) is 18.0 Å². The quantitative estimate of drug-likeness (QED) is 0.284. The maximum Gasteiger partial charge on any atom is 0.417 e. The second-order valence-electron chi connectivity index (χ2n) is 7.42. The molecule has 0 saturated carbocycles. The zero-order valence-corrected chi connectivity index (χ0v) is 18.9. The van der Waals surface area contributed by atoms with Crippen LogP contribution in [0.25, 0.3) is 28.2 Å². The summed E-state index contributed by atoms with van der Waals surface area (Å²) >= 11 is 3.42. The third-order valence-corrected chi connectivity index (χ3v) is 5.72. The fourth-order valence-electron chi connectivity index (χ4n) is 3.67. The summed E-state index contributed by atoms with van der Waals surface area (Å²) in [6.45, 7) is 0. The highest BCUT2D eigenvalue weighted by molar-refractivity contribution is 9.10. The number of benzene rings is 2. The lowest BCUT2D eigenvalue weighted by molar-refractivity contribution is -0.137. The van der Waals surface area contributed by atoms with Crippen molar-refractivity contribution in [2.75, 3.05) is 5.32 Å². The Hall–Kier alpha value is -3.92. The maximum atomic E-state index is 13.6. The van der Waals surface area contributed by atoms with Crippen molar-refractivity contribution in [2.45, 2.75) is 6.18 Å². The first-order chi connectivity index (χ1) is 16.3. The number of nitrogens with zero attached hydrogens (tertiary/aromatic N) is 3. The monoisotopic (exact) mass is 525 g/mol. The molecule has 0 aliphatic heterocycles. The average molecular weight is 526 g/mol. The molecule has 0 aliphatic rings. The van der Waals surface area contributed by atoms with Gasteiger partial charge in [-0.1, -0.05) is 46.3 Å². The van der Waals surface area contributed by atoms with Crippen molar-refractivity contribution in [1.82, 2.24) is 19.6 Å². The fraction of sp³-hybridized carbons (Fsp3) is 0.0417. The van der Waals surface area contributed by atoms with Crippen LogP contribution in [-0.4, -0.2) is 25.5 Å². The zero-order valence-electron chi connectivity index (χ0n) is 17.3. The smallest absolute Gasteiger partial charge is 0.306 e. The summed E-state index contributed by atoms with van der Waals surface area (Å²) in [6, 6.07) is 17.5. The number of rotatable bonds is 4. The number of carbonyl (C=O) groups is 1. The Morgan fingerprint density at radius 3 is 2.53 bits per heavy atom. The highest BCUT2D eigenvalue weighted by Gasteiger charge is 2.34. The van der Waals surface area contributed by atoms with Gasteiger partial charge in [0.15, 0.2) is 0 Å². The Morgan fingerprint density at radius 2 is 1.82 bits per heavy atom. The molecule has 0 aliphatic carbocycles. The van der Waals surface area contributed by atoms with E-state index >= 15 is 0 Å². The lowest BCUT2D eigenvalue weighted by Crippen LogP contribution is -2.15. The Labute approximate surface area is 199 Å². The van der Waals surface area contributed by atoms with Gasteiger partial charge in [-0.25, -0.2) is 4.98 Å². The SMILES string of the molecule is O=C(Nc1c(-c2ccccc2)nc2cc(Br)ccn12)c1ccc(C(F)(F)F)c(-c2cc[nH]n2)c1. The number of fused-ring (bicyclic) bond motifs is 1. The molecule has 5 aromatic rings. The van der Waals surface area contributed by atoms with Crippen molar-refractivity contribution < 1.29 is 18.0 Å². The molecule has 10 heteroatoms. The number of aromatic nitrogens is 4. The minimum atomic E-state index is -4.60. The van der Waals surface area contributed by atoms with E-state index in [0.717, 1.165) is 22.2 Å². The number of aromatic amines is 1. The minimum absolute atomic E-state index is 0.0528. The van der Waals surface area contributed by atoms with E-state index < -0.39 is 17.6 Å². The molecule has 0 saturated heterocycles. The normalized spacial score (nSPS) is 11.6. The molecule has 0 atom stereocenters. The van der Waals surface area contributed by atoms with Crippen LogP contribution in [0.1, 0.15) is 15.9 Å². The molecule has 0 bridgehead atoms. The molecular formula is C24H15BrF3N5O. The van der Waals surface area contributed by atoms with Crippen molar-refractivity contribution in [1.29, 1.82) is 0 Å². The first kappa shape index (κ1) is 21.9. The summed E-state index contributed by atoms with van der Waals surface area (Å²) in [5.41, 5.74) is 0.984. The van der Waals surface area contributed by atoms with Crippen molar-refractivity contribution in [3.63, 3.8) is 0 Å². The number of imidazole rings is 1. The third kappa shape index (κ3) is 4.08. The second kappa shape index (κ2) is 8.45. The molecule has 5 rings (SSSR count). The van der Waals surface area contributed by atoms with Gasteiger partial charge in [0.2, 0.25) is 0 Å². The number of alkyl halides is 3. The van der Waals surface area contributed by atoms with Crippen LogP contribution < -0.4 is 5.32 Å². The molecule has 0 spiro atoms. The van der Waals surface area contributed by atoms with E-state index in [1.54, 1.807) is 22.7 Å². The Kier molecular flexibility index (Phi) is 5.45. The van der Waals surface area contributed by atoms with Gasteiger partial charge in [0.05, 0.1) is 11.3 Å². The molecule has 34 heavy (non-hydrogen) atoms. The van der Waals surface area contributed by atoms with Crippen molar-refractivity contribution in [2.24, 2.45) is 0 Å². The number of hydrogen-bond acceptors (Lipinski definition) is 3. The molecule has 3 heterocycles. The Balaban J connectivity index is 1.59. The average Bonchev–Trinajstić information content (AvgIpc) is 3.47. The van der Waals surface area contributed by atoms with E-state index in [0.29, 0.717) is 17.2 Å². The van der Waals surface area contributed by atoms with E-state index in [4.69, 9.17) is 0 Å². The predicted octanol–water partition coefficient (Wildman–Crippen LogP) is 6.43. The molecular weight excluding hydrogens is 511 g/mol. The van der Waals surface area contributed by atoms with Gasteiger partial charge >= 0.3 is 6.18 Å². The number of amides is 1. The Morgan fingerprint density at radius 1 is 1.03 bits per heavy atom. The summed E-state index contributed by atoms with van der Waals surface area (Å²) in [5, 5.41) is 9.21. The Bertz CT molecular complexity index is 1490. The summed E-state index contributed by atoms with van der Waals surface area (Å²) in [5.74, 6) is -0.174. The summed E-state index contributed by atoms with van der Waals surface area (Å²) < 4.78 is 43.2. The third-order valence-electron chi connectivity index (χ3n) is 5.23. The minimum Gasteiger partial charge on any atom is -0.306 e. The van der Waals surface area contributed by atoms with Gasteiger partial charge in [0.1, 0.15) is 17.2 Å². The molecule has 2 aromatic carbocycles. The largest absolute Gasteiger partial charge is 0.417 e. The van der Waals surface area contributed by atoms with Crippen LogP contribution in [0.2, 0.25) is 0 Å². The molecule has 6 nitrogen and oxygen atoms in total. The summed E-state index contributed by atoms with van der Waals surface area (Å²) in [4.78, 5) is 17.9.